The van der Waals surface area contributed by atoms with Crippen LogP contribution in [0.1, 0.15) is 33.6 Å². The van der Waals surface area contributed by atoms with Crippen LogP contribution in [0.2, 0.25) is 0 Å². The molecule has 5 heteroatoms. The van der Waals surface area contributed by atoms with Crippen LogP contribution in [-0.4, -0.2) is 60.4 Å². The van der Waals surface area contributed by atoms with E-state index in [4.69, 9.17) is 0 Å². The maximum Gasteiger partial charge on any atom is 0.242 e. The van der Waals surface area contributed by atoms with E-state index in [0.29, 0.717) is 13.1 Å². The van der Waals surface area contributed by atoms with Crippen molar-refractivity contribution in [1.29, 1.82) is 0 Å². The van der Waals surface area contributed by atoms with E-state index < -0.39 is 0 Å². The normalized spacial score (nSPS) is 18.4. The lowest BCUT2D eigenvalue weighted by Crippen LogP contribution is -2.56. The molecule has 0 aromatic heterocycles. The molecule has 1 aliphatic rings. The molecule has 0 bridgehead atoms. The summed E-state index contributed by atoms with van der Waals surface area (Å²) in [5.74, 6) is 0.141. The zero-order chi connectivity index (χ0) is 13.5. The molecule has 1 rings (SSSR count). The predicted molar refractivity (Wildman–Crippen MR) is 71.2 cm³/mol. The Morgan fingerprint density at radius 2 is 1.72 bits per heavy atom. The first-order valence-corrected chi connectivity index (χ1v) is 6.91. The summed E-state index contributed by atoms with van der Waals surface area (Å²) in [5.41, 5.74) is 0. The number of nitrogens with zero attached hydrogens (tertiary/aromatic N) is 2. The number of likely N-dealkylation sites (N-methyl/N-ethyl adjacent to an activating group) is 1. The highest BCUT2D eigenvalue weighted by atomic mass is 16.2. The molecule has 0 spiro atoms. The molecule has 1 N–H and O–H groups in total. The Hall–Kier alpha value is -1.10. The van der Waals surface area contributed by atoms with Crippen LogP contribution in [0.25, 0.3) is 0 Å². The topological polar surface area (TPSA) is 52.7 Å². The molecule has 1 atom stereocenters. The lowest BCUT2D eigenvalue weighted by Gasteiger charge is -2.35. The molecule has 104 valence electrons. The fraction of sp³-hybridized carbons (Fsp3) is 0.846. The summed E-state index contributed by atoms with van der Waals surface area (Å²) >= 11 is 0. The van der Waals surface area contributed by atoms with E-state index in [0.717, 1.165) is 19.4 Å². The Morgan fingerprint density at radius 3 is 2.28 bits per heavy atom. The maximum absolute atomic E-state index is 12.0. The molecule has 1 fully saturated rings. The van der Waals surface area contributed by atoms with Gasteiger partial charge in [-0.15, -0.1) is 0 Å². The molecule has 0 aromatic rings. The minimum absolute atomic E-state index is 0.0689. The van der Waals surface area contributed by atoms with Gasteiger partial charge in [0.1, 0.15) is 0 Å². The molecule has 5 nitrogen and oxygen atoms in total. The Labute approximate surface area is 110 Å². The fourth-order valence-corrected chi connectivity index (χ4v) is 2.24. The zero-order valence-electron chi connectivity index (χ0n) is 11.7. The monoisotopic (exact) mass is 255 g/mol. The summed E-state index contributed by atoms with van der Waals surface area (Å²) in [5, 5.41) is 3.33. The molecule has 1 unspecified atom stereocenters. The minimum atomic E-state index is 0.0689. The first-order chi connectivity index (χ1) is 8.62. The van der Waals surface area contributed by atoms with E-state index in [1.54, 1.807) is 9.80 Å². The molecule has 1 saturated heterocycles. The molecule has 0 aromatic carbocycles. The SMILES string of the molecule is CCCN1CC(=O)N(CC(CC)NCC)CC1=O. The van der Waals surface area contributed by atoms with Crippen molar-refractivity contribution in [3.8, 4) is 0 Å². The molecule has 0 aliphatic carbocycles. The van der Waals surface area contributed by atoms with Gasteiger partial charge in [-0.25, -0.2) is 0 Å². The fourth-order valence-electron chi connectivity index (χ4n) is 2.24. The molecule has 1 aliphatic heterocycles. The number of hydrogen-bond acceptors (Lipinski definition) is 3. The summed E-state index contributed by atoms with van der Waals surface area (Å²) in [4.78, 5) is 27.2. The second-order valence-electron chi connectivity index (χ2n) is 4.75. The van der Waals surface area contributed by atoms with Crippen molar-refractivity contribution in [1.82, 2.24) is 15.1 Å². The van der Waals surface area contributed by atoms with Gasteiger partial charge in [0.15, 0.2) is 0 Å². The molecule has 0 saturated carbocycles. The molecule has 2 amide bonds. The van der Waals surface area contributed by atoms with Gasteiger partial charge in [0.25, 0.3) is 0 Å². The van der Waals surface area contributed by atoms with Gasteiger partial charge >= 0.3 is 0 Å². The van der Waals surface area contributed by atoms with Gasteiger partial charge in [-0.2, -0.15) is 0 Å². The number of rotatable bonds is 7. The van der Waals surface area contributed by atoms with E-state index in [1.165, 1.54) is 0 Å². The number of amides is 2. The highest BCUT2D eigenvalue weighted by Crippen LogP contribution is 2.07. The van der Waals surface area contributed by atoms with Crippen molar-refractivity contribution in [2.75, 3.05) is 32.7 Å². The molecule has 0 radical (unpaired) electrons. The smallest absolute Gasteiger partial charge is 0.242 e. The van der Waals surface area contributed by atoms with E-state index in [9.17, 15) is 9.59 Å². The van der Waals surface area contributed by atoms with Crippen LogP contribution < -0.4 is 5.32 Å². The number of carbonyl (C=O) groups excluding carboxylic acids is 2. The molecule has 1 heterocycles. The molecular weight excluding hydrogens is 230 g/mol. The van der Waals surface area contributed by atoms with Crippen LogP contribution in [0.3, 0.4) is 0 Å². The highest BCUT2D eigenvalue weighted by Gasteiger charge is 2.30. The largest absolute Gasteiger partial charge is 0.332 e. The van der Waals surface area contributed by atoms with Gasteiger partial charge in [-0.1, -0.05) is 20.8 Å². The number of nitrogens with one attached hydrogen (secondary N) is 1. The quantitative estimate of drug-likeness (QED) is 0.719. The lowest BCUT2D eigenvalue weighted by atomic mass is 10.2. The first kappa shape index (κ1) is 15.0. The maximum atomic E-state index is 12.0. The van der Waals surface area contributed by atoms with Gasteiger partial charge in [0.05, 0.1) is 13.1 Å². The Bertz CT molecular complexity index is 294. The first-order valence-electron chi connectivity index (χ1n) is 6.91. The Kier molecular flexibility index (Phi) is 6.12. The van der Waals surface area contributed by atoms with E-state index >= 15 is 0 Å². The van der Waals surface area contributed by atoms with Gasteiger partial charge in [0.2, 0.25) is 11.8 Å². The third kappa shape index (κ3) is 3.98. The standard InChI is InChI=1S/C13H25N3O2/c1-4-7-15-9-13(18)16(10-12(15)17)8-11(5-2)14-6-3/h11,14H,4-10H2,1-3H3. The summed E-state index contributed by atoms with van der Waals surface area (Å²) in [7, 11) is 0. The second kappa shape index (κ2) is 7.36. The highest BCUT2D eigenvalue weighted by molar-refractivity contribution is 5.92. The number of carbonyl (C=O) groups is 2. The average Bonchev–Trinajstić information content (AvgIpc) is 2.34. The van der Waals surface area contributed by atoms with E-state index in [1.807, 2.05) is 6.92 Å². The zero-order valence-corrected chi connectivity index (χ0v) is 11.7. The summed E-state index contributed by atoms with van der Waals surface area (Å²) < 4.78 is 0. The molecular formula is C13H25N3O2. The third-order valence-electron chi connectivity index (χ3n) is 3.28. The van der Waals surface area contributed by atoms with Crippen LogP contribution in [0.15, 0.2) is 0 Å². The molecule has 18 heavy (non-hydrogen) atoms. The van der Waals surface area contributed by atoms with Crippen LogP contribution in [0.5, 0.6) is 0 Å². The summed E-state index contributed by atoms with van der Waals surface area (Å²) in [6, 6.07) is 0.282. The van der Waals surface area contributed by atoms with Gasteiger partial charge < -0.3 is 15.1 Å². The third-order valence-corrected chi connectivity index (χ3v) is 3.28. The van der Waals surface area contributed by atoms with E-state index in [2.05, 4.69) is 19.2 Å². The van der Waals surface area contributed by atoms with E-state index in [-0.39, 0.29) is 30.9 Å². The van der Waals surface area contributed by atoms with Crippen molar-refractivity contribution in [2.24, 2.45) is 0 Å². The van der Waals surface area contributed by atoms with Gasteiger partial charge in [-0.05, 0) is 19.4 Å². The van der Waals surface area contributed by atoms with Crippen molar-refractivity contribution < 1.29 is 9.59 Å². The van der Waals surface area contributed by atoms with Crippen molar-refractivity contribution in [2.45, 2.75) is 39.7 Å². The Balaban J connectivity index is 2.53. The lowest BCUT2D eigenvalue weighted by molar-refractivity contribution is -0.150. The minimum Gasteiger partial charge on any atom is -0.332 e. The van der Waals surface area contributed by atoms with Gasteiger partial charge in [-0.3, -0.25) is 9.59 Å². The number of piperazine rings is 1. The van der Waals surface area contributed by atoms with Crippen LogP contribution in [0.4, 0.5) is 0 Å². The summed E-state index contributed by atoms with van der Waals surface area (Å²) in [6.45, 7) is 8.84. The Morgan fingerprint density at radius 1 is 1.11 bits per heavy atom. The van der Waals surface area contributed by atoms with Gasteiger partial charge in [0, 0.05) is 19.1 Å². The van der Waals surface area contributed by atoms with Crippen LogP contribution >= 0.6 is 0 Å². The van der Waals surface area contributed by atoms with Crippen molar-refractivity contribution in [3.63, 3.8) is 0 Å². The predicted octanol–water partition coefficient (Wildman–Crippen LogP) is 0.455. The van der Waals surface area contributed by atoms with Crippen molar-refractivity contribution in [3.05, 3.63) is 0 Å². The van der Waals surface area contributed by atoms with Crippen LogP contribution in [-0.2, 0) is 9.59 Å². The second-order valence-corrected chi connectivity index (χ2v) is 4.75. The van der Waals surface area contributed by atoms with Crippen molar-refractivity contribution >= 4 is 11.8 Å². The summed E-state index contributed by atoms with van der Waals surface area (Å²) in [6.07, 6.45) is 1.86. The van der Waals surface area contributed by atoms with Crippen LogP contribution in [0, 0.1) is 0 Å². The average molecular weight is 255 g/mol. The number of hydrogen-bond donors (Lipinski definition) is 1.